The number of hydrogen-bond acceptors (Lipinski definition) is 2. The van der Waals surface area contributed by atoms with Crippen LogP contribution in [-0.4, -0.2) is 15.6 Å². The molecular formula is C15H15FN2O. The molecule has 4 heteroatoms. The molecule has 0 fully saturated rings. The van der Waals surface area contributed by atoms with Crippen molar-refractivity contribution in [3.8, 4) is 5.69 Å². The quantitative estimate of drug-likeness (QED) is 0.787. The normalized spacial score (nSPS) is 17.3. The summed E-state index contributed by atoms with van der Waals surface area (Å²) in [4.78, 5) is 12.1. The van der Waals surface area contributed by atoms with Gasteiger partial charge in [-0.3, -0.25) is 4.79 Å². The molecule has 0 saturated carbocycles. The van der Waals surface area contributed by atoms with Gasteiger partial charge in [0.25, 0.3) is 0 Å². The number of benzene rings is 1. The van der Waals surface area contributed by atoms with E-state index < -0.39 is 0 Å². The van der Waals surface area contributed by atoms with E-state index in [9.17, 15) is 9.18 Å². The van der Waals surface area contributed by atoms with Crippen molar-refractivity contribution < 1.29 is 9.18 Å². The lowest BCUT2D eigenvalue weighted by Crippen LogP contribution is -2.27. The van der Waals surface area contributed by atoms with Gasteiger partial charge in [-0.2, -0.15) is 5.10 Å². The highest BCUT2D eigenvalue weighted by atomic mass is 19.1. The Labute approximate surface area is 111 Å². The number of aromatic nitrogens is 2. The number of halogens is 1. The first kappa shape index (κ1) is 12.1. The van der Waals surface area contributed by atoms with E-state index in [1.807, 2.05) is 0 Å². The minimum atomic E-state index is -0.277. The fourth-order valence-corrected chi connectivity index (χ4v) is 2.63. The number of carbonyl (C=O) groups is 1. The molecule has 0 spiro atoms. The third-order valence-electron chi connectivity index (χ3n) is 3.53. The largest absolute Gasteiger partial charge is 0.294 e. The van der Waals surface area contributed by atoms with Gasteiger partial charge in [-0.1, -0.05) is 13.8 Å². The maximum Gasteiger partial charge on any atom is 0.166 e. The fraction of sp³-hybridized carbons (Fsp3) is 0.333. The van der Waals surface area contributed by atoms with Crippen LogP contribution < -0.4 is 0 Å². The van der Waals surface area contributed by atoms with Gasteiger partial charge >= 0.3 is 0 Å². The van der Waals surface area contributed by atoms with Gasteiger partial charge in [0.05, 0.1) is 23.1 Å². The Morgan fingerprint density at radius 2 is 1.89 bits per heavy atom. The van der Waals surface area contributed by atoms with E-state index in [2.05, 4.69) is 18.9 Å². The van der Waals surface area contributed by atoms with Crippen LogP contribution >= 0.6 is 0 Å². The maximum absolute atomic E-state index is 13.0. The average molecular weight is 258 g/mol. The number of nitrogens with zero attached hydrogens (tertiary/aromatic N) is 2. The van der Waals surface area contributed by atoms with Crippen LogP contribution in [0.2, 0.25) is 0 Å². The summed E-state index contributed by atoms with van der Waals surface area (Å²) in [5, 5.41) is 4.29. The van der Waals surface area contributed by atoms with Gasteiger partial charge in [0, 0.05) is 6.42 Å². The van der Waals surface area contributed by atoms with Gasteiger partial charge in [-0.25, -0.2) is 9.07 Å². The van der Waals surface area contributed by atoms with Gasteiger partial charge in [0.1, 0.15) is 5.82 Å². The van der Waals surface area contributed by atoms with E-state index in [4.69, 9.17) is 0 Å². The van der Waals surface area contributed by atoms with Crippen molar-refractivity contribution in [2.24, 2.45) is 5.41 Å². The standard InChI is InChI=1S/C15H15FN2O/c1-15(2)7-13-12(14(19)8-15)9-17-18(13)11-5-3-10(16)4-6-11/h3-6,9H,7-8H2,1-2H3. The predicted octanol–water partition coefficient (Wildman–Crippen LogP) is 3.17. The Hall–Kier alpha value is -1.97. The van der Waals surface area contributed by atoms with Crippen molar-refractivity contribution in [2.45, 2.75) is 26.7 Å². The van der Waals surface area contributed by atoms with Gasteiger partial charge in [0.2, 0.25) is 0 Å². The summed E-state index contributed by atoms with van der Waals surface area (Å²) in [5.41, 5.74) is 2.35. The number of Topliss-reactive ketones (excluding diaryl/α,β-unsaturated/α-hetero) is 1. The predicted molar refractivity (Wildman–Crippen MR) is 70.0 cm³/mol. The van der Waals surface area contributed by atoms with Crippen molar-refractivity contribution in [2.75, 3.05) is 0 Å². The topological polar surface area (TPSA) is 34.9 Å². The summed E-state index contributed by atoms with van der Waals surface area (Å²) >= 11 is 0. The van der Waals surface area contributed by atoms with E-state index in [-0.39, 0.29) is 17.0 Å². The Kier molecular flexibility index (Phi) is 2.55. The van der Waals surface area contributed by atoms with Crippen molar-refractivity contribution in [3.05, 3.63) is 47.5 Å². The first-order valence-corrected chi connectivity index (χ1v) is 6.32. The second-order valence-corrected chi connectivity index (χ2v) is 5.83. The van der Waals surface area contributed by atoms with Crippen molar-refractivity contribution in [3.63, 3.8) is 0 Å². The number of fused-ring (bicyclic) bond motifs is 1. The number of carbonyl (C=O) groups excluding carboxylic acids is 1. The van der Waals surface area contributed by atoms with E-state index >= 15 is 0 Å². The minimum absolute atomic E-state index is 0.0537. The second kappa shape index (κ2) is 4.02. The Balaban J connectivity index is 2.11. The van der Waals surface area contributed by atoms with E-state index in [0.717, 1.165) is 17.8 Å². The van der Waals surface area contributed by atoms with Gasteiger partial charge < -0.3 is 0 Å². The minimum Gasteiger partial charge on any atom is -0.294 e. The third kappa shape index (κ3) is 2.07. The zero-order chi connectivity index (χ0) is 13.6. The van der Waals surface area contributed by atoms with Crippen LogP contribution in [0.3, 0.4) is 0 Å². The van der Waals surface area contributed by atoms with E-state index in [0.29, 0.717) is 12.0 Å². The molecule has 0 amide bonds. The lowest BCUT2D eigenvalue weighted by atomic mass is 9.76. The molecule has 3 rings (SSSR count). The summed E-state index contributed by atoms with van der Waals surface area (Å²) in [6.45, 7) is 4.16. The van der Waals surface area contributed by atoms with Gasteiger partial charge in [0.15, 0.2) is 5.78 Å². The highest BCUT2D eigenvalue weighted by Gasteiger charge is 2.33. The summed E-state index contributed by atoms with van der Waals surface area (Å²) in [7, 11) is 0. The van der Waals surface area contributed by atoms with Crippen LogP contribution in [0.25, 0.3) is 5.69 Å². The van der Waals surface area contributed by atoms with Gasteiger partial charge in [-0.15, -0.1) is 0 Å². The second-order valence-electron chi connectivity index (χ2n) is 5.83. The summed E-state index contributed by atoms with van der Waals surface area (Å²) in [5.74, 6) is -0.138. The zero-order valence-electron chi connectivity index (χ0n) is 11.0. The molecule has 3 nitrogen and oxygen atoms in total. The summed E-state index contributed by atoms with van der Waals surface area (Å²) < 4.78 is 14.7. The SMILES string of the molecule is CC1(C)CC(=O)c2cnn(-c3ccc(F)cc3)c2C1. The van der Waals surface area contributed by atoms with E-state index in [1.165, 1.54) is 12.1 Å². The van der Waals surface area contributed by atoms with Crippen molar-refractivity contribution in [1.82, 2.24) is 9.78 Å². The highest BCUT2D eigenvalue weighted by molar-refractivity contribution is 5.98. The lowest BCUT2D eigenvalue weighted by Gasteiger charge is -2.28. The third-order valence-corrected chi connectivity index (χ3v) is 3.53. The molecule has 0 atom stereocenters. The smallest absolute Gasteiger partial charge is 0.166 e. The molecular weight excluding hydrogens is 243 g/mol. The summed E-state index contributed by atoms with van der Waals surface area (Å²) in [6.07, 6.45) is 2.97. The number of ketones is 1. The molecule has 1 aliphatic rings. The van der Waals surface area contributed by atoms with Crippen LogP contribution in [0.1, 0.15) is 36.3 Å². The maximum atomic E-state index is 13.0. The molecule has 0 N–H and O–H groups in total. The average Bonchev–Trinajstić information content (AvgIpc) is 2.72. The molecule has 1 aromatic carbocycles. The monoisotopic (exact) mass is 258 g/mol. The first-order valence-electron chi connectivity index (χ1n) is 6.32. The first-order chi connectivity index (χ1) is 8.96. The number of hydrogen-bond donors (Lipinski definition) is 0. The number of rotatable bonds is 1. The molecule has 19 heavy (non-hydrogen) atoms. The molecule has 1 heterocycles. The van der Waals surface area contributed by atoms with Crippen LogP contribution in [-0.2, 0) is 6.42 Å². The molecule has 0 radical (unpaired) electrons. The van der Waals surface area contributed by atoms with Gasteiger partial charge in [-0.05, 0) is 36.1 Å². The molecule has 98 valence electrons. The van der Waals surface area contributed by atoms with Crippen LogP contribution in [0, 0.1) is 11.2 Å². The zero-order valence-corrected chi connectivity index (χ0v) is 11.0. The van der Waals surface area contributed by atoms with E-state index in [1.54, 1.807) is 23.0 Å². The molecule has 0 unspecified atom stereocenters. The Morgan fingerprint density at radius 3 is 2.58 bits per heavy atom. The molecule has 0 aliphatic heterocycles. The highest BCUT2D eigenvalue weighted by Crippen LogP contribution is 2.35. The van der Waals surface area contributed by atoms with Crippen molar-refractivity contribution in [1.29, 1.82) is 0 Å². The molecule has 1 aromatic heterocycles. The Morgan fingerprint density at radius 1 is 1.21 bits per heavy atom. The fourth-order valence-electron chi connectivity index (χ4n) is 2.63. The molecule has 2 aromatic rings. The van der Waals surface area contributed by atoms with Crippen LogP contribution in [0.15, 0.2) is 30.5 Å². The molecule has 1 aliphatic carbocycles. The lowest BCUT2D eigenvalue weighted by molar-refractivity contribution is 0.0911. The summed E-state index contributed by atoms with van der Waals surface area (Å²) in [6, 6.07) is 6.15. The van der Waals surface area contributed by atoms with Crippen LogP contribution in [0.4, 0.5) is 4.39 Å². The molecule has 0 saturated heterocycles. The van der Waals surface area contributed by atoms with Crippen molar-refractivity contribution >= 4 is 5.78 Å². The molecule has 0 bridgehead atoms. The van der Waals surface area contributed by atoms with Crippen LogP contribution in [0.5, 0.6) is 0 Å². The Bertz CT molecular complexity index is 641.